The fraction of sp³-hybridized carbons (Fsp3) is 0.538. The number of ether oxygens (including phenoxy) is 1. The summed E-state index contributed by atoms with van der Waals surface area (Å²) in [5.41, 5.74) is 8.17. The van der Waals surface area contributed by atoms with E-state index >= 15 is 0 Å². The maximum absolute atomic E-state index is 6.15. The third-order valence-electron chi connectivity index (χ3n) is 2.39. The SMILES string of the molecule is CCCOc1cc(C)c(CC(C)N)cc1Cl. The summed E-state index contributed by atoms with van der Waals surface area (Å²) in [6.07, 6.45) is 1.83. The van der Waals surface area contributed by atoms with Crippen molar-refractivity contribution in [2.75, 3.05) is 6.61 Å². The van der Waals surface area contributed by atoms with Crippen LogP contribution in [0.2, 0.25) is 5.02 Å². The van der Waals surface area contributed by atoms with Gasteiger partial charge in [-0.1, -0.05) is 18.5 Å². The third-order valence-corrected chi connectivity index (χ3v) is 2.69. The van der Waals surface area contributed by atoms with Crippen molar-refractivity contribution in [3.8, 4) is 5.75 Å². The zero-order valence-corrected chi connectivity index (χ0v) is 11.0. The van der Waals surface area contributed by atoms with E-state index < -0.39 is 0 Å². The normalized spacial score (nSPS) is 12.6. The first-order chi connectivity index (χ1) is 7.54. The highest BCUT2D eigenvalue weighted by atomic mass is 35.5. The summed E-state index contributed by atoms with van der Waals surface area (Å²) in [4.78, 5) is 0. The van der Waals surface area contributed by atoms with E-state index in [1.807, 2.05) is 19.1 Å². The lowest BCUT2D eigenvalue weighted by molar-refractivity contribution is 0.317. The lowest BCUT2D eigenvalue weighted by Gasteiger charge is -2.13. The number of rotatable bonds is 5. The van der Waals surface area contributed by atoms with Crippen LogP contribution in [-0.4, -0.2) is 12.6 Å². The molecule has 0 aliphatic rings. The summed E-state index contributed by atoms with van der Waals surface area (Å²) in [7, 11) is 0. The van der Waals surface area contributed by atoms with Gasteiger partial charge in [0.2, 0.25) is 0 Å². The first-order valence-corrected chi connectivity index (χ1v) is 6.09. The van der Waals surface area contributed by atoms with Crippen LogP contribution in [0.3, 0.4) is 0 Å². The van der Waals surface area contributed by atoms with E-state index in [1.54, 1.807) is 0 Å². The molecule has 1 aromatic rings. The van der Waals surface area contributed by atoms with E-state index in [0.29, 0.717) is 11.6 Å². The molecule has 0 saturated carbocycles. The predicted octanol–water partition coefficient (Wildman–Crippen LogP) is 3.33. The molecule has 0 bridgehead atoms. The number of nitrogens with two attached hydrogens (primary N) is 1. The minimum absolute atomic E-state index is 0.150. The van der Waals surface area contributed by atoms with E-state index in [9.17, 15) is 0 Å². The summed E-state index contributed by atoms with van der Waals surface area (Å²) >= 11 is 6.15. The van der Waals surface area contributed by atoms with Crippen LogP contribution in [0.15, 0.2) is 12.1 Å². The van der Waals surface area contributed by atoms with Gasteiger partial charge in [0, 0.05) is 6.04 Å². The molecule has 0 saturated heterocycles. The van der Waals surface area contributed by atoms with Crippen LogP contribution in [0.1, 0.15) is 31.4 Å². The van der Waals surface area contributed by atoms with Gasteiger partial charge >= 0.3 is 0 Å². The number of halogens is 1. The van der Waals surface area contributed by atoms with E-state index in [4.69, 9.17) is 22.1 Å². The van der Waals surface area contributed by atoms with Crippen LogP contribution in [0.25, 0.3) is 0 Å². The van der Waals surface area contributed by atoms with E-state index in [-0.39, 0.29) is 6.04 Å². The Morgan fingerprint density at radius 2 is 2.12 bits per heavy atom. The monoisotopic (exact) mass is 241 g/mol. The van der Waals surface area contributed by atoms with Crippen LogP contribution in [0.5, 0.6) is 5.75 Å². The predicted molar refractivity (Wildman–Crippen MR) is 69.3 cm³/mol. The van der Waals surface area contributed by atoms with Gasteiger partial charge in [0.25, 0.3) is 0 Å². The summed E-state index contributed by atoms with van der Waals surface area (Å²) < 4.78 is 5.56. The van der Waals surface area contributed by atoms with Crippen LogP contribution in [-0.2, 0) is 6.42 Å². The average molecular weight is 242 g/mol. The lowest BCUT2D eigenvalue weighted by Crippen LogP contribution is -2.18. The van der Waals surface area contributed by atoms with Crippen molar-refractivity contribution in [3.05, 3.63) is 28.3 Å². The zero-order valence-electron chi connectivity index (χ0n) is 10.2. The molecule has 0 fully saturated rings. The molecule has 16 heavy (non-hydrogen) atoms. The molecule has 0 heterocycles. The molecular formula is C13H20ClNO. The first kappa shape index (κ1) is 13.3. The number of hydrogen-bond donors (Lipinski definition) is 1. The third kappa shape index (κ3) is 3.69. The minimum Gasteiger partial charge on any atom is -0.492 e. The highest BCUT2D eigenvalue weighted by Gasteiger charge is 2.08. The van der Waals surface area contributed by atoms with Gasteiger partial charge < -0.3 is 10.5 Å². The number of aryl methyl sites for hydroxylation is 1. The van der Waals surface area contributed by atoms with Gasteiger partial charge in [0.15, 0.2) is 0 Å². The van der Waals surface area contributed by atoms with Crippen molar-refractivity contribution in [3.63, 3.8) is 0 Å². The molecule has 0 amide bonds. The Kier molecular flexibility index (Phi) is 5.10. The molecule has 0 aliphatic heterocycles. The second-order valence-corrected chi connectivity index (χ2v) is 4.65. The standard InChI is InChI=1S/C13H20ClNO/c1-4-5-16-13-6-9(2)11(7-10(3)15)8-12(13)14/h6,8,10H,4-5,7,15H2,1-3H3. The molecule has 2 nitrogen and oxygen atoms in total. The Balaban J connectivity index is 2.88. The molecule has 1 unspecified atom stereocenters. The Morgan fingerprint density at radius 3 is 2.69 bits per heavy atom. The molecule has 0 radical (unpaired) electrons. The van der Waals surface area contributed by atoms with E-state index in [1.165, 1.54) is 11.1 Å². The van der Waals surface area contributed by atoms with Crippen molar-refractivity contribution in [2.45, 2.75) is 39.7 Å². The van der Waals surface area contributed by atoms with Crippen molar-refractivity contribution >= 4 is 11.6 Å². The van der Waals surface area contributed by atoms with Crippen LogP contribution >= 0.6 is 11.6 Å². The molecule has 1 aromatic carbocycles. The van der Waals surface area contributed by atoms with Gasteiger partial charge in [-0.05, 0) is 49.9 Å². The minimum atomic E-state index is 0.150. The maximum atomic E-state index is 6.15. The highest BCUT2D eigenvalue weighted by molar-refractivity contribution is 6.32. The van der Waals surface area contributed by atoms with E-state index in [0.717, 1.165) is 18.6 Å². The first-order valence-electron chi connectivity index (χ1n) is 5.72. The molecule has 0 aliphatic carbocycles. The Labute approximate surface area is 103 Å². The smallest absolute Gasteiger partial charge is 0.138 e. The van der Waals surface area contributed by atoms with E-state index in [2.05, 4.69) is 13.8 Å². The second kappa shape index (κ2) is 6.12. The summed E-state index contributed by atoms with van der Waals surface area (Å²) in [5, 5.41) is 0.676. The van der Waals surface area contributed by atoms with Gasteiger partial charge in [0.1, 0.15) is 5.75 Å². The Hall–Kier alpha value is -0.730. The van der Waals surface area contributed by atoms with Crippen LogP contribution < -0.4 is 10.5 Å². The van der Waals surface area contributed by atoms with Crippen molar-refractivity contribution < 1.29 is 4.74 Å². The highest BCUT2D eigenvalue weighted by Crippen LogP contribution is 2.28. The molecule has 1 atom stereocenters. The quantitative estimate of drug-likeness (QED) is 0.858. The lowest BCUT2D eigenvalue weighted by atomic mass is 10.0. The Bertz CT molecular complexity index is 350. The molecular weight excluding hydrogens is 222 g/mol. The molecule has 2 N–H and O–H groups in total. The number of benzene rings is 1. The summed E-state index contributed by atoms with van der Waals surface area (Å²) in [6, 6.07) is 4.11. The Morgan fingerprint density at radius 1 is 1.44 bits per heavy atom. The van der Waals surface area contributed by atoms with Gasteiger partial charge in [-0.3, -0.25) is 0 Å². The second-order valence-electron chi connectivity index (χ2n) is 4.24. The molecule has 1 rings (SSSR count). The average Bonchev–Trinajstić information content (AvgIpc) is 2.20. The number of hydrogen-bond acceptors (Lipinski definition) is 2. The maximum Gasteiger partial charge on any atom is 0.138 e. The summed E-state index contributed by atoms with van der Waals surface area (Å²) in [6.45, 7) is 6.83. The largest absolute Gasteiger partial charge is 0.492 e. The fourth-order valence-corrected chi connectivity index (χ4v) is 1.83. The molecule has 90 valence electrons. The fourth-order valence-electron chi connectivity index (χ4n) is 1.59. The molecule has 3 heteroatoms. The van der Waals surface area contributed by atoms with Gasteiger partial charge in [-0.25, -0.2) is 0 Å². The molecule has 0 aromatic heterocycles. The van der Waals surface area contributed by atoms with Gasteiger partial charge in [0.05, 0.1) is 11.6 Å². The van der Waals surface area contributed by atoms with Crippen molar-refractivity contribution in [1.82, 2.24) is 0 Å². The zero-order chi connectivity index (χ0) is 12.1. The van der Waals surface area contributed by atoms with Crippen LogP contribution in [0, 0.1) is 6.92 Å². The molecule has 0 spiro atoms. The van der Waals surface area contributed by atoms with Crippen molar-refractivity contribution in [1.29, 1.82) is 0 Å². The van der Waals surface area contributed by atoms with Gasteiger partial charge in [-0.2, -0.15) is 0 Å². The van der Waals surface area contributed by atoms with Crippen molar-refractivity contribution in [2.24, 2.45) is 5.73 Å². The van der Waals surface area contributed by atoms with Gasteiger partial charge in [-0.15, -0.1) is 0 Å². The topological polar surface area (TPSA) is 35.2 Å². The summed E-state index contributed by atoms with van der Waals surface area (Å²) in [5.74, 6) is 0.773. The van der Waals surface area contributed by atoms with Crippen LogP contribution in [0.4, 0.5) is 0 Å².